The number of hydrogen-bond donors (Lipinski definition) is 1. The zero-order valence-corrected chi connectivity index (χ0v) is 23.5. The zero-order chi connectivity index (χ0) is 28.6. The fourth-order valence-corrected chi connectivity index (χ4v) is 4.84. The van der Waals surface area contributed by atoms with Gasteiger partial charge < -0.3 is 29.2 Å². The molecule has 13 nitrogen and oxygen atoms in total. The number of carbonyl (C=O) groups is 1. The average Bonchev–Trinajstić information content (AvgIpc) is 3.41. The highest BCUT2D eigenvalue weighted by Crippen LogP contribution is 2.29. The molecule has 1 N–H and O–H groups in total. The van der Waals surface area contributed by atoms with Crippen LogP contribution in [0, 0.1) is 11.3 Å². The molecule has 5 rings (SSSR count). The Morgan fingerprint density at radius 3 is 2.71 bits per heavy atom. The monoisotopic (exact) mass is 564 g/mol. The van der Waals surface area contributed by atoms with E-state index in [2.05, 4.69) is 33.3 Å². The summed E-state index contributed by atoms with van der Waals surface area (Å²) in [4.78, 5) is 30.7. The van der Waals surface area contributed by atoms with Crippen molar-refractivity contribution in [3.63, 3.8) is 0 Å². The predicted molar refractivity (Wildman–Crippen MR) is 150 cm³/mol. The number of rotatable bonds is 11. The van der Waals surface area contributed by atoms with E-state index >= 15 is 0 Å². The van der Waals surface area contributed by atoms with Gasteiger partial charge in [0.1, 0.15) is 30.3 Å². The van der Waals surface area contributed by atoms with Crippen molar-refractivity contribution in [2.45, 2.75) is 32.0 Å². The van der Waals surface area contributed by atoms with Crippen molar-refractivity contribution < 1.29 is 23.7 Å². The maximum absolute atomic E-state index is 12.7. The summed E-state index contributed by atoms with van der Waals surface area (Å²) in [6, 6.07) is 7.57. The number of carbonyl (C=O) groups excluding carboxylic acids is 1. The number of ether oxygens (including phenoxy) is 4. The van der Waals surface area contributed by atoms with Crippen molar-refractivity contribution >= 4 is 23.0 Å². The minimum absolute atomic E-state index is 0.183. The van der Waals surface area contributed by atoms with Crippen LogP contribution in [0.25, 0.3) is 17.0 Å². The summed E-state index contributed by atoms with van der Waals surface area (Å²) in [6.07, 6.45) is 4.10. The fraction of sp³-hybridized carbons (Fsp3) is 0.536. The van der Waals surface area contributed by atoms with E-state index in [-0.39, 0.29) is 25.2 Å². The van der Waals surface area contributed by atoms with Gasteiger partial charge in [-0.1, -0.05) is 0 Å². The Labute approximate surface area is 239 Å². The Kier molecular flexibility index (Phi) is 9.58. The molecule has 2 aliphatic rings. The first kappa shape index (κ1) is 28.7. The maximum atomic E-state index is 12.7. The molecule has 13 heteroatoms. The van der Waals surface area contributed by atoms with Gasteiger partial charge in [0.05, 0.1) is 18.8 Å². The standard InChI is InChI=1S/C28H36N8O5/c1-3-39-28(37)27(35-10-8-34(2)9-11-35)41-15-14-40-23-16-22-26(33-25(23)32-21-6-12-38-13-7-21)36(19-31-22)24-5-4-20(17-29)18-30-24/h4-5,16,18-19,21,27H,3,6-15H2,1-2H3,(H,32,33). The lowest BCUT2D eigenvalue weighted by Crippen LogP contribution is -2.53. The van der Waals surface area contributed by atoms with Crippen LogP contribution in [-0.4, -0.2) is 114 Å². The number of anilines is 1. The van der Waals surface area contributed by atoms with Crippen LogP contribution in [0.15, 0.2) is 30.7 Å². The molecule has 0 aromatic carbocycles. The highest BCUT2D eigenvalue weighted by atomic mass is 16.6. The van der Waals surface area contributed by atoms with Crippen molar-refractivity contribution in [1.82, 2.24) is 29.3 Å². The van der Waals surface area contributed by atoms with E-state index in [1.54, 1.807) is 30.0 Å². The van der Waals surface area contributed by atoms with E-state index in [1.807, 2.05) is 11.0 Å². The molecule has 5 heterocycles. The molecule has 1 atom stereocenters. The van der Waals surface area contributed by atoms with Crippen molar-refractivity contribution in [3.8, 4) is 17.6 Å². The average molecular weight is 565 g/mol. The maximum Gasteiger partial charge on any atom is 0.350 e. The van der Waals surface area contributed by atoms with Crippen LogP contribution in [0.3, 0.4) is 0 Å². The second kappa shape index (κ2) is 13.7. The predicted octanol–water partition coefficient (Wildman–Crippen LogP) is 1.81. The minimum atomic E-state index is -0.775. The van der Waals surface area contributed by atoms with Gasteiger partial charge in [-0.05, 0) is 38.9 Å². The second-order valence-corrected chi connectivity index (χ2v) is 10.0. The lowest BCUT2D eigenvalue weighted by molar-refractivity contribution is -0.174. The number of fused-ring (bicyclic) bond motifs is 1. The van der Waals surface area contributed by atoms with Gasteiger partial charge in [-0.3, -0.25) is 9.47 Å². The number of esters is 1. The van der Waals surface area contributed by atoms with Crippen LogP contribution in [0.5, 0.6) is 5.75 Å². The molecular formula is C28H36N8O5. The summed E-state index contributed by atoms with van der Waals surface area (Å²) in [5, 5.41) is 12.6. The summed E-state index contributed by atoms with van der Waals surface area (Å²) < 4.78 is 24.8. The summed E-state index contributed by atoms with van der Waals surface area (Å²) in [5.41, 5.74) is 1.72. The number of imidazole rings is 1. The molecule has 2 fully saturated rings. The molecule has 218 valence electrons. The lowest BCUT2D eigenvalue weighted by atomic mass is 10.1. The van der Waals surface area contributed by atoms with Crippen LogP contribution in [0.1, 0.15) is 25.3 Å². The molecule has 0 radical (unpaired) electrons. The molecule has 41 heavy (non-hydrogen) atoms. The smallest absolute Gasteiger partial charge is 0.350 e. The number of hydrogen-bond acceptors (Lipinski definition) is 12. The summed E-state index contributed by atoms with van der Waals surface area (Å²) in [7, 11) is 2.06. The van der Waals surface area contributed by atoms with Gasteiger partial charge in [0.15, 0.2) is 17.2 Å². The zero-order valence-electron chi connectivity index (χ0n) is 23.5. The molecule has 0 spiro atoms. The molecule has 0 amide bonds. The third-order valence-corrected chi connectivity index (χ3v) is 7.15. The molecule has 2 aliphatic heterocycles. The Morgan fingerprint density at radius 2 is 2.00 bits per heavy atom. The lowest BCUT2D eigenvalue weighted by Gasteiger charge is -2.36. The van der Waals surface area contributed by atoms with Crippen LogP contribution in [0.4, 0.5) is 5.82 Å². The van der Waals surface area contributed by atoms with Gasteiger partial charge in [-0.15, -0.1) is 0 Å². The van der Waals surface area contributed by atoms with E-state index < -0.39 is 6.23 Å². The van der Waals surface area contributed by atoms with E-state index in [4.69, 9.17) is 29.2 Å². The molecule has 1 unspecified atom stereocenters. The third-order valence-electron chi connectivity index (χ3n) is 7.15. The fourth-order valence-electron chi connectivity index (χ4n) is 4.84. The topological polar surface area (TPSA) is 140 Å². The Morgan fingerprint density at radius 1 is 1.20 bits per heavy atom. The van der Waals surface area contributed by atoms with Gasteiger partial charge >= 0.3 is 5.97 Å². The highest BCUT2D eigenvalue weighted by molar-refractivity contribution is 5.78. The molecule has 0 saturated carbocycles. The van der Waals surface area contributed by atoms with Crippen LogP contribution < -0.4 is 10.1 Å². The van der Waals surface area contributed by atoms with Crippen molar-refractivity contribution in [2.24, 2.45) is 0 Å². The largest absolute Gasteiger partial charge is 0.487 e. The van der Waals surface area contributed by atoms with E-state index in [0.29, 0.717) is 53.9 Å². The third kappa shape index (κ3) is 7.09. The SMILES string of the molecule is CCOC(=O)C(OCCOc1cc2ncn(-c3ccc(C#N)cn3)c2nc1NC1CCOCC1)N1CCN(C)CC1. The molecular weight excluding hydrogens is 528 g/mol. The number of aromatic nitrogens is 4. The van der Waals surface area contributed by atoms with E-state index in [1.165, 1.54) is 6.20 Å². The number of nitrogens with one attached hydrogen (secondary N) is 1. The van der Waals surface area contributed by atoms with Crippen LogP contribution >= 0.6 is 0 Å². The van der Waals surface area contributed by atoms with Gasteiger partial charge in [0, 0.05) is 57.7 Å². The summed E-state index contributed by atoms with van der Waals surface area (Å²) >= 11 is 0. The summed E-state index contributed by atoms with van der Waals surface area (Å²) in [5.74, 6) is 1.34. The Bertz CT molecular complexity index is 1340. The van der Waals surface area contributed by atoms with Gasteiger partial charge in [0.25, 0.3) is 0 Å². The summed E-state index contributed by atoms with van der Waals surface area (Å²) in [6.45, 7) is 6.98. The number of piperazine rings is 1. The molecule has 0 bridgehead atoms. The molecule has 2 saturated heterocycles. The quantitative estimate of drug-likeness (QED) is 0.268. The van der Waals surface area contributed by atoms with Crippen molar-refractivity contribution in [2.75, 3.05) is 71.6 Å². The normalized spacial score (nSPS) is 17.7. The number of pyridine rings is 2. The van der Waals surface area contributed by atoms with E-state index in [0.717, 1.165) is 39.0 Å². The highest BCUT2D eigenvalue weighted by Gasteiger charge is 2.30. The van der Waals surface area contributed by atoms with Crippen molar-refractivity contribution in [1.29, 1.82) is 5.26 Å². The first-order valence-electron chi connectivity index (χ1n) is 14.0. The van der Waals surface area contributed by atoms with Crippen LogP contribution in [-0.2, 0) is 19.0 Å². The first-order chi connectivity index (χ1) is 20.1. The molecule has 3 aromatic rings. The Balaban J connectivity index is 1.32. The second-order valence-electron chi connectivity index (χ2n) is 10.0. The molecule has 3 aromatic heterocycles. The molecule has 0 aliphatic carbocycles. The minimum Gasteiger partial charge on any atom is -0.487 e. The Hall–Kier alpha value is -3.83. The van der Waals surface area contributed by atoms with Gasteiger partial charge in [-0.25, -0.2) is 19.7 Å². The van der Waals surface area contributed by atoms with E-state index in [9.17, 15) is 4.79 Å². The number of likely N-dealkylation sites (N-methyl/N-ethyl adjacent to an activating group) is 1. The van der Waals surface area contributed by atoms with Gasteiger partial charge in [0.2, 0.25) is 6.23 Å². The van der Waals surface area contributed by atoms with Crippen molar-refractivity contribution in [3.05, 3.63) is 36.3 Å². The number of nitrogens with zero attached hydrogens (tertiary/aromatic N) is 7. The first-order valence-corrected chi connectivity index (χ1v) is 14.0. The number of nitriles is 1. The van der Waals surface area contributed by atoms with Gasteiger partial charge in [-0.2, -0.15) is 5.26 Å². The van der Waals surface area contributed by atoms with Crippen LogP contribution in [0.2, 0.25) is 0 Å².